The summed E-state index contributed by atoms with van der Waals surface area (Å²) in [6.45, 7) is 8.11. The maximum Gasteiger partial charge on any atom is 0.257 e. The summed E-state index contributed by atoms with van der Waals surface area (Å²) in [6, 6.07) is 18.7. The van der Waals surface area contributed by atoms with E-state index in [9.17, 15) is 4.79 Å². The number of para-hydroxylation sites is 1. The number of carbonyl (C=O) groups is 1. The number of aryl methyl sites for hydroxylation is 1. The first-order chi connectivity index (χ1) is 14.2. The molecule has 1 fully saturated rings. The van der Waals surface area contributed by atoms with Crippen LogP contribution in [0, 0.1) is 6.92 Å². The minimum absolute atomic E-state index is 0.102. The van der Waals surface area contributed by atoms with Crippen molar-refractivity contribution in [3.05, 3.63) is 83.2 Å². The molecule has 1 aromatic heterocycles. The number of piperazine rings is 1. The highest BCUT2D eigenvalue weighted by molar-refractivity contribution is 5.95. The Morgan fingerprint density at radius 3 is 2.34 bits per heavy atom. The molecule has 0 bridgehead atoms. The van der Waals surface area contributed by atoms with E-state index >= 15 is 0 Å². The molecule has 1 amide bonds. The number of aromatic nitrogens is 2. The van der Waals surface area contributed by atoms with Crippen molar-refractivity contribution in [1.29, 1.82) is 0 Å². The third-order valence-corrected chi connectivity index (χ3v) is 5.71. The zero-order valence-corrected chi connectivity index (χ0v) is 17.2. The predicted molar refractivity (Wildman–Crippen MR) is 116 cm³/mol. The van der Waals surface area contributed by atoms with Crippen molar-refractivity contribution in [2.75, 3.05) is 31.1 Å². The Hall–Kier alpha value is -3.08. The third-order valence-electron chi connectivity index (χ3n) is 5.71. The second-order valence-corrected chi connectivity index (χ2v) is 7.57. The molecule has 5 nitrogen and oxygen atoms in total. The van der Waals surface area contributed by atoms with Crippen LogP contribution in [-0.4, -0.2) is 46.8 Å². The van der Waals surface area contributed by atoms with Crippen molar-refractivity contribution in [2.45, 2.75) is 26.8 Å². The first-order valence-electron chi connectivity index (χ1n) is 10.4. The summed E-state index contributed by atoms with van der Waals surface area (Å²) in [4.78, 5) is 17.6. The number of benzene rings is 2. The Balaban J connectivity index is 1.46. The molecule has 0 aliphatic carbocycles. The standard InChI is InChI=1S/C24H28N4O/c1-3-22-21(17-25-28(22)18-20-10-5-4-6-11-20)24(29)27-15-13-26(14-16-27)23-12-8-7-9-19(23)2/h4-12,17H,3,13-16,18H2,1-2H3. The van der Waals surface area contributed by atoms with E-state index in [0.717, 1.165) is 43.9 Å². The maximum atomic E-state index is 13.2. The van der Waals surface area contributed by atoms with Gasteiger partial charge < -0.3 is 9.80 Å². The number of hydrogen-bond donors (Lipinski definition) is 0. The molecule has 0 atom stereocenters. The van der Waals surface area contributed by atoms with Gasteiger partial charge in [-0.3, -0.25) is 9.48 Å². The van der Waals surface area contributed by atoms with Gasteiger partial charge in [0.1, 0.15) is 0 Å². The predicted octanol–water partition coefficient (Wildman–Crippen LogP) is 3.76. The summed E-state index contributed by atoms with van der Waals surface area (Å²) in [6.07, 6.45) is 2.54. The van der Waals surface area contributed by atoms with Crippen LogP contribution in [0.15, 0.2) is 60.8 Å². The summed E-state index contributed by atoms with van der Waals surface area (Å²) >= 11 is 0. The Kier molecular flexibility index (Phi) is 5.65. The van der Waals surface area contributed by atoms with Gasteiger partial charge in [-0.15, -0.1) is 0 Å². The Morgan fingerprint density at radius 2 is 1.66 bits per heavy atom. The second-order valence-electron chi connectivity index (χ2n) is 7.57. The molecule has 29 heavy (non-hydrogen) atoms. The van der Waals surface area contributed by atoms with Crippen LogP contribution >= 0.6 is 0 Å². The lowest BCUT2D eigenvalue weighted by Crippen LogP contribution is -2.49. The van der Waals surface area contributed by atoms with Gasteiger partial charge in [0, 0.05) is 31.9 Å². The molecular weight excluding hydrogens is 360 g/mol. The van der Waals surface area contributed by atoms with Crippen molar-refractivity contribution in [1.82, 2.24) is 14.7 Å². The lowest BCUT2D eigenvalue weighted by atomic mass is 10.1. The molecule has 1 saturated heterocycles. The molecule has 4 rings (SSSR count). The van der Waals surface area contributed by atoms with Gasteiger partial charge in [-0.05, 0) is 30.5 Å². The van der Waals surface area contributed by atoms with Crippen molar-refractivity contribution in [2.24, 2.45) is 0 Å². The minimum Gasteiger partial charge on any atom is -0.368 e. The molecule has 0 spiro atoms. The van der Waals surface area contributed by atoms with Crippen molar-refractivity contribution in [3.8, 4) is 0 Å². The van der Waals surface area contributed by atoms with Gasteiger partial charge in [-0.1, -0.05) is 55.5 Å². The number of hydrogen-bond acceptors (Lipinski definition) is 3. The average molecular weight is 389 g/mol. The molecule has 0 saturated carbocycles. The van der Waals surface area contributed by atoms with Crippen molar-refractivity contribution < 1.29 is 4.79 Å². The third kappa shape index (κ3) is 4.04. The quantitative estimate of drug-likeness (QED) is 0.668. The number of amides is 1. The Bertz CT molecular complexity index is 972. The number of nitrogens with zero attached hydrogens (tertiary/aromatic N) is 4. The number of rotatable bonds is 5. The zero-order valence-electron chi connectivity index (χ0n) is 17.2. The first kappa shape index (κ1) is 19.2. The Morgan fingerprint density at radius 1 is 0.966 bits per heavy atom. The highest BCUT2D eigenvalue weighted by atomic mass is 16.2. The lowest BCUT2D eigenvalue weighted by Gasteiger charge is -2.36. The van der Waals surface area contributed by atoms with Gasteiger partial charge >= 0.3 is 0 Å². The van der Waals surface area contributed by atoms with Crippen LogP contribution < -0.4 is 4.90 Å². The van der Waals surface area contributed by atoms with Crippen LogP contribution in [0.5, 0.6) is 0 Å². The molecule has 1 aliphatic rings. The van der Waals surface area contributed by atoms with Gasteiger partial charge in [0.05, 0.1) is 24.0 Å². The molecule has 2 heterocycles. The molecule has 150 valence electrons. The van der Waals surface area contributed by atoms with Gasteiger partial charge in [-0.25, -0.2) is 0 Å². The molecule has 1 aliphatic heterocycles. The average Bonchev–Trinajstić information content (AvgIpc) is 3.17. The van der Waals surface area contributed by atoms with Gasteiger partial charge in [-0.2, -0.15) is 5.10 Å². The van der Waals surface area contributed by atoms with Crippen LogP contribution in [0.2, 0.25) is 0 Å². The molecule has 0 N–H and O–H groups in total. The maximum absolute atomic E-state index is 13.2. The van der Waals surface area contributed by atoms with Crippen LogP contribution in [0.1, 0.15) is 34.1 Å². The topological polar surface area (TPSA) is 41.4 Å². The largest absolute Gasteiger partial charge is 0.368 e. The lowest BCUT2D eigenvalue weighted by molar-refractivity contribution is 0.0745. The van der Waals surface area contributed by atoms with E-state index in [2.05, 4.69) is 60.2 Å². The minimum atomic E-state index is 0.102. The molecule has 3 aromatic rings. The smallest absolute Gasteiger partial charge is 0.257 e. The normalized spacial score (nSPS) is 14.3. The Labute approximate surface area is 172 Å². The van der Waals surface area contributed by atoms with E-state index in [1.807, 2.05) is 27.8 Å². The van der Waals surface area contributed by atoms with Crippen LogP contribution in [-0.2, 0) is 13.0 Å². The van der Waals surface area contributed by atoms with Gasteiger partial charge in [0.2, 0.25) is 0 Å². The van der Waals surface area contributed by atoms with E-state index in [0.29, 0.717) is 6.54 Å². The van der Waals surface area contributed by atoms with Crippen LogP contribution in [0.4, 0.5) is 5.69 Å². The summed E-state index contributed by atoms with van der Waals surface area (Å²) in [5, 5.41) is 4.53. The van der Waals surface area contributed by atoms with Crippen LogP contribution in [0.25, 0.3) is 0 Å². The highest BCUT2D eigenvalue weighted by Gasteiger charge is 2.26. The number of carbonyl (C=O) groups excluding carboxylic acids is 1. The molecule has 2 aromatic carbocycles. The van der Waals surface area contributed by atoms with Crippen molar-refractivity contribution >= 4 is 11.6 Å². The van der Waals surface area contributed by atoms with E-state index in [1.165, 1.54) is 16.8 Å². The van der Waals surface area contributed by atoms with Gasteiger partial charge in [0.25, 0.3) is 5.91 Å². The van der Waals surface area contributed by atoms with E-state index in [4.69, 9.17) is 0 Å². The summed E-state index contributed by atoms with van der Waals surface area (Å²) in [5.74, 6) is 0.102. The molecule has 0 radical (unpaired) electrons. The van der Waals surface area contributed by atoms with Crippen LogP contribution in [0.3, 0.4) is 0 Å². The number of anilines is 1. The SMILES string of the molecule is CCc1c(C(=O)N2CCN(c3ccccc3C)CC2)cnn1Cc1ccccc1. The monoisotopic (exact) mass is 388 g/mol. The van der Waals surface area contributed by atoms with Crippen molar-refractivity contribution in [3.63, 3.8) is 0 Å². The molecule has 0 unspecified atom stereocenters. The summed E-state index contributed by atoms with van der Waals surface area (Å²) in [7, 11) is 0. The molecular formula is C24H28N4O. The fourth-order valence-corrected chi connectivity index (χ4v) is 4.09. The van der Waals surface area contributed by atoms with E-state index < -0.39 is 0 Å². The highest BCUT2D eigenvalue weighted by Crippen LogP contribution is 2.22. The second kappa shape index (κ2) is 8.52. The van der Waals surface area contributed by atoms with E-state index in [1.54, 1.807) is 6.20 Å². The fourth-order valence-electron chi connectivity index (χ4n) is 4.09. The molecule has 5 heteroatoms. The zero-order chi connectivity index (χ0) is 20.2. The van der Waals surface area contributed by atoms with E-state index in [-0.39, 0.29) is 5.91 Å². The summed E-state index contributed by atoms with van der Waals surface area (Å²) in [5.41, 5.74) is 5.50. The van der Waals surface area contributed by atoms with Gasteiger partial charge in [0.15, 0.2) is 0 Å². The summed E-state index contributed by atoms with van der Waals surface area (Å²) < 4.78 is 1.96. The first-order valence-corrected chi connectivity index (χ1v) is 10.4. The fraction of sp³-hybridized carbons (Fsp3) is 0.333.